The summed E-state index contributed by atoms with van der Waals surface area (Å²) >= 11 is 3.50. The van der Waals surface area contributed by atoms with Gasteiger partial charge in [-0.3, -0.25) is 4.79 Å². The van der Waals surface area contributed by atoms with Crippen molar-refractivity contribution in [1.82, 2.24) is 9.88 Å². The average molecular weight is 378 g/mol. The van der Waals surface area contributed by atoms with Gasteiger partial charge in [0.25, 0.3) is 0 Å². The summed E-state index contributed by atoms with van der Waals surface area (Å²) in [4.78, 5) is 23.1. The molecule has 0 spiro atoms. The fourth-order valence-corrected chi connectivity index (χ4v) is 5.24. The number of fused-ring (bicyclic) bond motifs is 1. The predicted octanol–water partition coefficient (Wildman–Crippen LogP) is 3.09. The van der Waals surface area contributed by atoms with E-state index in [-0.39, 0.29) is 5.92 Å². The van der Waals surface area contributed by atoms with Gasteiger partial charge in [0, 0.05) is 37.0 Å². The fraction of sp³-hybridized carbons (Fsp3) is 0.556. The molecule has 0 bridgehead atoms. The Morgan fingerprint density at radius 1 is 1.24 bits per heavy atom. The molecule has 0 saturated carbocycles. The highest BCUT2D eigenvalue weighted by Crippen LogP contribution is 2.35. The van der Waals surface area contributed by atoms with Crippen LogP contribution in [0.4, 0.5) is 5.13 Å². The minimum Gasteiger partial charge on any atom is -0.378 e. The lowest BCUT2D eigenvalue weighted by Crippen LogP contribution is -2.46. The molecule has 7 heteroatoms. The number of thiazole rings is 1. The standard InChI is InChI=1S/C18H23N3O2S2/c1-24-14-3-2-4-15-16(14)19-18(25-15)21-7-5-13(6-8-21)17(22)20-9-11-23-12-10-20/h2-4,13H,5-12H2,1H3. The van der Waals surface area contributed by atoms with E-state index in [0.29, 0.717) is 19.1 Å². The molecule has 134 valence electrons. The van der Waals surface area contributed by atoms with Crippen molar-refractivity contribution < 1.29 is 9.53 Å². The Bertz CT molecular complexity index is 750. The number of rotatable bonds is 3. The van der Waals surface area contributed by atoms with Crippen LogP contribution < -0.4 is 4.90 Å². The zero-order chi connectivity index (χ0) is 17.2. The number of hydrogen-bond donors (Lipinski definition) is 0. The second-order valence-corrected chi connectivity index (χ2v) is 8.36. The molecular formula is C18H23N3O2S2. The first-order valence-corrected chi connectivity index (χ1v) is 10.9. The van der Waals surface area contributed by atoms with Crippen LogP contribution >= 0.6 is 23.1 Å². The van der Waals surface area contributed by atoms with Crippen LogP contribution in [0.25, 0.3) is 10.2 Å². The molecule has 1 aromatic carbocycles. The monoisotopic (exact) mass is 377 g/mol. The maximum absolute atomic E-state index is 12.7. The molecular weight excluding hydrogens is 354 g/mol. The second kappa shape index (κ2) is 7.51. The molecule has 2 saturated heterocycles. The number of aromatic nitrogens is 1. The van der Waals surface area contributed by atoms with Crippen LogP contribution in [-0.2, 0) is 9.53 Å². The van der Waals surface area contributed by atoms with Crippen LogP contribution in [0.5, 0.6) is 0 Å². The number of anilines is 1. The van der Waals surface area contributed by atoms with Crippen molar-refractivity contribution in [2.45, 2.75) is 17.7 Å². The first-order valence-electron chi connectivity index (χ1n) is 8.81. The number of ether oxygens (including phenoxy) is 1. The summed E-state index contributed by atoms with van der Waals surface area (Å²) in [6, 6.07) is 6.37. The third-order valence-corrected chi connectivity index (χ3v) is 6.88. The van der Waals surface area contributed by atoms with Crippen molar-refractivity contribution in [2.75, 3.05) is 50.5 Å². The zero-order valence-corrected chi connectivity index (χ0v) is 16.1. The normalized spacial score (nSPS) is 19.6. The van der Waals surface area contributed by atoms with E-state index < -0.39 is 0 Å². The van der Waals surface area contributed by atoms with E-state index in [1.165, 1.54) is 9.60 Å². The number of thioether (sulfide) groups is 1. The van der Waals surface area contributed by atoms with Gasteiger partial charge in [-0.15, -0.1) is 11.8 Å². The van der Waals surface area contributed by atoms with Crippen LogP contribution in [-0.4, -0.2) is 61.4 Å². The Hall–Kier alpha value is -1.31. The molecule has 2 aliphatic rings. The molecule has 2 fully saturated rings. The van der Waals surface area contributed by atoms with Gasteiger partial charge in [0.1, 0.15) is 0 Å². The summed E-state index contributed by atoms with van der Waals surface area (Å²) in [7, 11) is 0. The Morgan fingerprint density at radius 2 is 2.00 bits per heavy atom. The largest absolute Gasteiger partial charge is 0.378 e. The van der Waals surface area contributed by atoms with Gasteiger partial charge in [0.15, 0.2) is 5.13 Å². The number of piperidine rings is 1. The minimum absolute atomic E-state index is 0.158. The predicted molar refractivity (Wildman–Crippen MR) is 104 cm³/mol. The number of nitrogens with zero attached hydrogens (tertiary/aromatic N) is 3. The molecule has 25 heavy (non-hydrogen) atoms. The number of carbonyl (C=O) groups is 1. The van der Waals surface area contributed by atoms with Crippen molar-refractivity contribution in [3.63, 3.8) is 0 Å². The SMILES string of the molecule is CSc1cccc2sc(N3CCC(C(=O)N4CCOCC4)CC3)nc12. The maximum atomic E-state index is 12.7. The van der Waals surface area contributed by atoms with E-state index in [4.69, 9.17) is 9.72 Å². The lowest BCUT2D eigenvalue weighted by molar-refractivity contribution is -0.140. The number of hydrogen-bond acceptors (Lipinski definition) is 6. The molecule has 0 aliphatic carbocycles. The molecule has 5 nitrogen and oxygen atoms in total. The molecule has 1 amide bonds. The summed E-state index contributed by atoms with van der Waals surface area (Å²) in [6.07, 6.45) is 3.93. The number of benzene rings is 1. The lowest BCUT2D eigenvalue weighted by Gasteiger charge is -2.35. The lowest BCUT2D eigenvalue weighted by atomic mass is 9.95. The molecule has 0 atom stereocenters. The van der Waals surface area contributed by atoms with E-state index in [2.05, 4.69) is 29.4 Å². The van der Waals surface area contributed by atoms with E-state index in [0.717, 1.165) is 49.7 Å². The van der Waals surface area contributed by atoms with E-state index >= 15 is 0 Å². The summed E-state index contributed by atoms with van der Waals surface area (Å²) in [5, 5.41) is 1.09. The molecule has 0 unspecified atom stereocenters. The number of amides is 1. The van der Waals surface area contributed by atoms with Crippen LogP contribution in [0.15, 0.2) is 23.1 Å². The van der Waals surface area contributed by atoms with Crippen LogP contribution in [0.1, 0.15) is 12.8 Å². The van der Waals surface area contributed by atoms with Crippen molar-refractivity contribution in [3.05, 3.63) is 18.2 Å². The van der Waals surface area contributed by atoms with Crippen LogP contribution in [0, 0.1) is 5.92 Å². The van der Waals surface area contributed by atoms with E-state index in [9.17, 15) is 4.79 Å². The average Bonchev–Trinajstić information content (AvgIpc) is 3.12. The smallest absolute Gasteiger partial charge is 0.225 e. The molecule has 0 N–H and O–H groups in total. The molecule has 4 rings (SSSR count). The number of morpholine rings is 1. The van der Waals surface area contributed by atoms with Crippen molar-refractivity contribution in [3.8, 4) is 0 Å². The molecule has 2 aromatic rings. The highest BCUT2D eigenvalue weighted by molar-refractivity contribution is 7.98. The van der Waals surface area contributed by atoms with Gasteiger partial charge < -0.3 is 14.5 Å². The van der Waals surface area contributed by atoms with Gasteiger partial charge in [-0.2, -0.15) is 0 Å². The maximum Gasteiger partial charge on any atom is 0.225 e. The number of carbonyl (C=O) groups excluding carboxylic acids is 1. The molecule has 3 heterocycles. The van der Waals surface area contributed by atoms with Gasteiger partial charge in [0.2, 0.25) is 5.91 Å². The topological polar surface area (TPSA) is 45.7 Å². The Labute approximate surface area is 156 Å². The molecule has 0 radical (unpaired) electrons. The summed E-state index contributed by atoms with van der Waals surface area (Å²) < 4.78 is 6.59. The highest BCUT2D eigenvalue weighted by atomic mass is 32.2. The second-order valence-electron chi connectivity index (χ2n) is 6.50. The zero-order valence-electron chi connectivity index (χ0n) is 14.4. The van der Waals surface area contributed by atoms with Gasteiger partial charge in [-0.25, -0.2) is 4.98 Å². The van der Waals surface area contributed by atoms with Gasteiger partial charge in [-0.05, 0) is 31.2 Å². The fourth-order valence-electron chi connectivity index (χ4n) is 3.57. The number of para-hydroxylation sites is 1. The van der Waals surface area contributed by atoms with Gasteiger partial charge >= 0.3 is 0 Å². The van der Waals surface area contributed by atoms with Gasteiger partial charge in [-0.1, -0.05) is 17.4 Å². The first-order chi connectivity index (χ1) is 12.3. The Kier molecular flexibility index (Phi) is 5.15. The minimum atomic E-state index is 0.158. The van der Waals surface area contributed by atoms with Gasteiger partial charge in [0.05, 0.1) is 23.4 Å². The van der Waals surface area contributed by atoms with Crippen LogP contribution in [0.2, 0.25) is 0 Å². The molecule has 2 aliphatic heterocycles. The summed E-state index contributed by atoms with van der Waals surface area (Å²) in [5.41, 5.74) is 1.11. The van der Waals surface area contributed by atoms with E-state index in [1.807, 2.05) is 4.90 Å². The van der Waals surface area contributed by atoms with Crippen molar-refractivity contribution in [1.29, 1.82) is 0 Å². The quantitative estimate of drug-likeness (QED) is 0.769. The highest BCUT2D eigenvalue weighted by Gasteiger charge is 2.30. The Morgan fingerprint density at radius 3 is 2.72 bits per heavy atom. The van der Waals surface area contributed by atoms with E-state index in [1.54, 1.807) is 23.1 Å². The molecule has 1 aromatic heterocycles. The van der Waals surface area contributed by atoms with Crippen LogP contribution in [0.3, 0.4) is 0 Å². The summed E-state index contributed by atoms with van der Waals surface area (Å²) in [6.45, 7) is 4.66. The van der Waals surface area contributed by atoms with Crippen molar-refractivity contribution in [2.24, 2.45) is 5.92 Å². The third kappa shape index (κ3) is 3.50. The third-order valence-electron chi connectivity index (χ3n) is 5.03. The van der Waals surface area contributed by atoms with Crippen molar-refractivity contribution >= 4 is 44.4 Å². The first kappa shape index (κ1) is 17.1. The summed E-state index contributed by atoms with van der Waals surface area (Å²) in [5.74, 6) is 0.474. The Balaban J connectivity index is 1.42.